The molecule has 0 aromatic carbocycles. The first kappa shape index (κ1) is 17.9. The molecular weight excluding hydrogens is 263 g/mol. The van der Waals surface area contributed by atoms with E-state index in [9.17, 15) is 0 Å². The number of rotatable bonds is 12. The monoisotopic (exact) mass is 292 g/mol. The molecule has 0 radical (unpaired) electrons. The second kappa shape index (κ2) is 11.5. The van der Waals surface area contributed by atoms with Crippen LogP contribution >= 0.6 is 0 Å². The topological polar surface area (TPSA) is 27.7 Å². The molecule has 118 valence electrons. The molecule has 0 saturated heterocycles. The summed E-state index contributed by atoms with van der Waals surface area (Å²) < 4.78 is 17.6. The second-order valence-electron chi connectivity index (χ2n) is 5.19. The molecule has 0 N–H and O–H groups in total. The molecule has 1 rings (SSSR count). The SMILES string of the molecule is CCCCOc1bccc(OCCCC)c1OCCCC. The van der Waals surface area contributed by atoms with Crippen LogP contribution in [0, 0.1) is 0 Å². The van der Waals surface area contributed by atoms with Crippen molar-refractivity contribution in [3.63, 3.8) is 0 Å². The Balaban J connectivity index is 2.75. The molecule has 0 bridgehead atoms. The molecule has 0 aliphatic heterocycles. The van der Waals surface area contributed by atoms with Gasteiger partial charge in [0.05, 0.1) is 0 Å². The summed E-state index contributed by atoms with van der Waals surface area (Å²) >= 11 is 0. The molecule has 1 aromatic rings. The summed E-state index contributed by atoms with van der Waals surface area (Å²) in [6.07, 6.45) is 6.50. The quantitative estimate of drug-likeness (QED) is 0.528. The van der Waals surface area contributed by atoms with E-state index in [0.717, 1.165) is 68.9 Å². The van der Waals surface area contributed by atoms with Gasteiger partial charge in [0.15, 0.2) is 0 Å². The standard InChI is InChI=1S/C17H29BO3/c1-4-7-12-19-15-10-11-18-17(21-14-9-6-3)16(15)20-13-8-5-2/h10-11H,4-9,12-14H2,1-3H3. The summed E-state index contributed by atoms with van der Waals surface area (Å²) in [5.41, 5.74) is 0.800. The Bertz CT molecular complexity index is 354. The van der Waals surface area contributed by atoms with E-state index in [-0.39, 0.29) is 0 Å². The van der Waals surface area contributed by atoms with Gasteiger partial charge in [0.25, 0.3) is 0 Å². The van der Waals surface area contributed by atoms with Crippen molar-refractivity contribution in [3.05, 3.63) is 12.0 Å². The molecule has 1 heterocycles. The molecule has 3 nitrogen and oxygen atoms in total. The van der Waals surface area contributed by atoms with E-state index in [2.05, 4.69) is 20.8 Å². The zero-order chi connectivity index (χ0) is 15.3. The summed E-state index contributed by atoms with van der Waals surface area (Å²) in [4.78, 5) is 0. The van der Waals surface area contributed by atoms with Crippen molar-refractivity contribution in [2.24, 2.45) is 0 Å². The molecule has 0 atom stereocenters. The number of hydrogen-bond acceptors (Lipinski definition) is 3. The van der Waals surface area contributed by atoms with Crippen molar-refractivity contribution in [1.29, 1.82) is 0 Å². The first-order valence-corrected chi connectivity index (χ1v) is 8.34. The fourth-order valence-electron chi connectivity index (χ4n) is 1.84. The summed E-state index contributed by atoms with van der Waals surface area (Å²) in [6, 6.07) is 1.96. The van der Waals surface area contributed by atoms with Gasteiger partial charge in [-0.05, 0) is 0 Å². The Kier molecular flexibility index (Phi) is 9.76. The Morgan fingerprint density at radius 3 is 2.00 bits per heavy atom. The van der Waals surface area contributed by atoms with Gasteiger partial charge in [-0.3, -0.25) is 0 Å². The van der Waals surface area contributed by atoms with Crippen molar-refractivity contribution in [2.75, 3.05) is 19.8 Å². The van der Waals surface area contributed by atoms with Gasteiger partial charge in [0.2, 0.25) is 0 Å². The van der Waals surface area contributed by atoms with E-state index in [1.807, 2.05) is 18.9 Å². The average molecular weight is 292 g/mol. The van der Waals surface area contributed by atoms with Crippen molar-refractivity contribution in [1.82, 2.24) is 0 Å². The minimum absolute atomic E-state index is 0.703. The summed E-state index contributed by atoms with van der Waals surface area (Å²) in [5.74, 6) is 3.53. The van der Waals surface area contributed by atoms with Crippen LogP contribution in [0.4, 0.5) is 0 Å². The summed E-state index contributed by atoms with van der Waals surface area (Å²) in [6.45, 7) is 10.6. The van der Waals surface area contributed by atoms with Crippen LogP contribution in [0.1, 0.15) is 59.3 Å². The fourth-order valence-corrected chi connectivity index (χ4v) is 1.84. The van der Waals surface area contributed by atoms with Crippen molar-refractivity contribution >= 4 is 6.91 Å². The number of ether oxygens (including phenoxy) is 3. The molecule has 0 amide bonds. The summed E-state index contributed by atoms with van der Waals surface area (Å²) in [5, 5.41) is 0. The van der Waals surface area contributed by atoms with Gasteiger partial charge in [-0.1, -0.05) is 0 Å². The first-order valence-electron chi connectivity index (χ1n) is 8.34. The third-order valence-corrected chi connectivity index (χ3v) is 3.20. The molecule has 0 fully saturated rings. The van der Waals surface area contributed by atoms with Gasteiger partial charge in [-0.2, -0.15) is 0 Å². The maximum absolute atomic E-state index is 5.92. The van der Waals surface area contributed by atoms with Crippen molar-refractivity contribution in [3.8, 4) is 17.1 Å². The Labute approximate surface area is 130 Å². The van der Waals surface area contributed by atoms with Crippen LogP contribution in [-0.2, 0) is 0 Å². The average Bonchev–Trinajstić information content (AvgIpc) is 2.50. The third kappa shape index (κ3) is 6.88. The first-order chi connectivity index (χ1) is 10.3. The molecule has 0 saturated carbocycles. The van der Waals surface area contributed by atoms with Crippen molar-refractivity contribution in [2.45, 2.75) is 59.3 Å². The van der Waals surface area contributed by atoms with E-state index in [0.29, 0.717) is 6.61 Å². The van der Waals surface area contributed by atoms with Crippen LogP contribution in [0.5, 0.6) is 17.1 Å². The Morgan fingerprint density at radius 2 is 1.38 bits per heavy atom. The van der Waals surface area contributed by atoms with E-state index in [1.54, 1.807) is 0 Å². The number of unbranched alkanes of at least 4 members (excludes halogenated alkanes) is 3. The Hall–Kier alpha value is -1.19. The number of hydrogen-bond donors (Lipinski definition) is 0. The van der Waals surface area contributed by atoms with Gasteiger partial charge in [-0.25, -0.2) is 0 Å². The molecule has 0 aliphatic carbocycles. The van der Waals surface area contributed by atoms with Crippen LogP contribution in [-0.4, -0.2) is 26.7 Å². The van der Waals surface area contributed by atoms with Crippen LogP contribution in [0.25, 0.3) is 0 Å². The molecule has 0 spiro atoms. The van der Waals surface area contributed by atoms with E-state index < -0.39 is 0 Å². The third-order valence-electron chi connectivity index (χ3n) is 3.20. The zero-order valence-electron chi connectivity index (χ0n) is 13.8. The maximum atomic E-state index is 5.92. The van der Waals surface area contributed by atoms with Crippen LogP contribution < -0.4 is 14.2 Å². The van der Waals surface area contributed by atoms with Gasteiger partial charge < -0.3 is 0 Å². The Morgan fingerprint density at radius 1 is 0.810 bits per heavy atom. The molecule has 4 heteroatoms. The molecule has 21 heavy (non-hydrogen) atoms. The predicted molar refractivity (Wildman–Crippen MR) is 89.0 cm³/mol. The van der Waals surface area contributed by atoms with E-state index in [1.165, 1.54) is 0 Å². The van der Waals surface area contributed by atoms with Gasteiger partial charge in [0.1, 0.15) is 0 Å². The van der Waals surface area contributed by atoms with Gasteiger partial charge in [0, 0.05) is 0 Å². The van der Waals surface area contributed by atoms with Crippen LogP contribution in [0.3, 0.4) is 0 Å². The van der Waals surface area contributed by atoms with Gasteiger partial charge >= 0.3 is 129 Å². The van der Waals surface area contributed by atoms with Crippen LogP contribution in [0.2, 0.25) is 0 Å². The predicted octanol–water partition coefficient (Wildman–Crippen LogP) is 4.56. The fraction of sp³-hybridized carbons (Fsp3) is 0.706. The molecule has 0 unspecified atom stereocenters. The van der Waals surface area contributed by atoms with Crippen LogP contribution in [0.15, 0.2) is 12.0 Å². The van der Waals surface area contributed by atoms with Crippen molar-refractivity contribution < 1.29 is 14.2 Å². The molecular formula is C17H29BO3. The molecule has 0 aliphatic rings. The minimum atomic E-state index is 0.703. The van der Waals surface area contributed by atoms with E-state index in [4.69, 9.17) is 14.2 Å². The van der Waals surface area contributed by atoms with E-state index >= 15 is 0 Å². The normalized spacial score (nSPS) is 10.2. The van der Waals surface area contributed by atoms with Gasteiger partial charge in [-0.15, -0.1) is 0 Å². The second-order valence-corrected chi connectivity index (χ2v) is 5.19. The molecule has 1 aromatic heterocycles. The summed E-state index contributed by atoms with van der Waals surface area (Å²) in [7, 11) is 0. The zero-order valence-corrected chi connectivity index (χ0v) is 13.8.